The average molecular weight is 399 g/mol. The predicted octanol–water partition coefficient (Wildman–Crippen LogP) is 4.60. The van der Waals surface area contributed by atoms with Crippen LogP contribution in [-0.4, -0.2) is 22.1 Å². The van der Waals surface area contributed by atoms with E-state index in [9.17, 15) is 0 Å². The number of methoxy groups -OCH3 is 1. The van der Waals surface area contributed by atoms with Crippen molar-refractivity contribution in [1.82, 2.24) is 20.3 Å². The van der Waals surface area contributed by atoms with Gasteiger partial charge in [-0.15, -0.1) is 0 Å². The molecule has 4 rings (SSSR count). The summed E-state index contributed by atoms with van der Waals surface area (Å²) in [4.78, 5) is 1.79. The van der Waals surface area contributed by atoms with Gasteiger partial charge in [-0.1, -0.05) is 72.3 Å². The van der Waals surface area contributed by atoms with Crippen LogP contribution in [0.3, 0.4) is 0 Å². The molecule has 0 aliphatic carbocycles. The topological polar surface area (TPSA) is 52.0 Å². The summed E-state index contributed by atoms with van der Waals surface area (Å²) in [6.07, 6.45) is 0. The van der Waals surface area contributed by atoms with Crippen LogP contribution < -0.4 is 10.1 Å². The van der Waals surface area contributed by atoms with Gasteiger partial charge in [0.25, 0.3) is 0 Å². The highest BCUT2D eigenvalue weighted by atomic mass is 16.5. The van der Waals surface area contributed by atoms with E-state index in [0.29, 0.717) is 13.1 Å². The van der Waals surface area contributed by atoms with E-state index in [4.69, 9.17) is 14.9 Å². The van der Waals surface area contributed by atoms with Gasteiger partial charge < -0.3 is 10.1 Å². The van der Waals surface area contributed by atoms with Gasteiger partial charge in [-0.25, -0.2) is 0 Å². The molecule has 0 fully saturated rings. The highest BCUT2D eigenvalue weighted by Gasteiger charge is 2.13. The van der Waals surface area contributed by atoms with Crippen molar-refractivity contribution in [2.24, 2.45) is 0 Å². The highest BCUT2D eigenvalue weighted by molar-refractivity contribution is 5.60. The Morgan fingerprint density at radius 3 is 2.20 bits per heavy atom. The van der Waals surface area contributed by atoms with E-state index in [1.54, 1.807) is 11.9 Å². The number of hydrogen-bond acceptors (Lipinski definition) is 4. The first-order valence-electron chi connectivity index (χ1n) is 10.1. The number of benzene rings is 3. The van der Waals surface area contributed by atoms with Crippen molar-refractivity contribution >= 4 is 0 Å². The minimum atomic E-state index is 0.643. The first-order valence-corrected chi connectivity index (χ1v) is 10.1. The average Bonchev–Trinajstić information content (AvgIpc) is 3.19. The first kappa shape index (κ1) is 19.9. The lowest BCUT2D eigenvalue weighted by atomic mass is 10.1. The molecule has 0 saturated carbocycles. The summed E-state index contributed by atoms with van der Waals surface area (Å²) in [5.74, 6) is 0.865. The normalized spacial score (nSPS) is 10.9. The van der Waals surface area contributed by atoms with Gasteiger partial charge in [-0.05, 0) is 30.2 Å². The van der Waals surface area contributed by atoms with Crippen LogP contribution in [0.4, 0.5) is 0 Å². The van der Waals surface area contributed by atoms with E-state index in [1.165, 1.54) is 16.7 Å². The summed E-state index contributed by atoms with van der Waals surface area (Å²) in [6.45, 7) is 4.14. The molecule has 0 amide bonds. The number of hydrogen-bond donors (Lipinski definition) is 1. The Kier molecular flexibility index (Phi) is 6.20. The number of nitrogens with zero attached hydrogens (tertiary/aromatic N) is 3. The van der Waals surface area contributed by atoms with Crippen molar-refractivity contribution in [1.29, 1.82) is 0 Å². The molecular weight excluding hydrogens is 372 g/mol. The molecule has 5 nitrogen and oxygen atoms in total. The van der Waals surface area contributed by atoms with Crippen LogP contribution >= 0.6 is 0 Å². The smallest absolute Gasteiger partial charge is 0.118 e. The Balaban J connectivity index is 1.50. The van der Waals surface area contributed by atoms with E-state index >= 15 is 0 Å². The third-order valence-electron chi connectivity index (χ3n) is 5.00. The molecule has 1 aromatic heterocycles. The molecule has 0 unspecified atom stereocenters. The molecule has 1 heterocycles. The Bertz CT molecular complexity index is 1070. The minimum Gasteiger partial charge on any atom is -0.497 e. The molecule has 0 spiro atoms. The molecule has 3 aromatic carbocycles. The number of rotatable bonds is 8. The number of aryl methyl sites for hydroxylation is 1. The summed E-state index contributed by atoms with van der Waals surface area (Å²) in [7, 11) is 1.68. The minimum absolute atomic E-state index is 0.643. The standard InChI is InChI=1S/C25H26N4O/c1-19-8-10-21(11-9-19)18-29-27-24(25(28-29)22-6-4-3-5-7-22)17-26-16-20-12-14-23(30-2)15-13-20/h3-15,26H,16-18H2,1-2H3. The van der Waals surface area contributed by atoms with Gasteiger partial charge in [-0.2, -0.15) is 15.0 Å². The third kappa shape index (κ3) is 4.93. The quantitative estimate of drug-likeness (QED) is 0.471. The Labute approximate surface area is 177 Å². The van der Waals surface area contributed by atoms with Gasteiger partial charge in [0.05, 0.1) is 13.7 Å². The van der Waals surface area contributed by atoms with Gasteiger partial charge >= 0.3 is 0 Å². The third-order valence-corrected chi connectivity index (χ3v) is 5.00. The fraction of sp³-hybridized carbons (Fsp3) is 0.200. The van der Waals surface area contributed by atoms with Crippen molar-refractivity contribution in [3.05, 3.63) is 101 Å². The van der Waals surface area contributed by atoms with Gasteiger partial charge in [0.1, 0.15) is 17.1 Å². The lowest BCUT2D eigenvalue weighted by Crippen LogP contribution is -2.14. The molecule has 0 radical (unpaired) electrons. The lowest BCUT2D eigenvalue weighted by molar-refractivity contribution is 0.414. The second kappa shape index (κ2) is 9.37. The Morgan fingerprint density at radius 2 is 1.50 bits per heavy atom. The van der Waals surface area contributed by atoms with E-state index in [-0.39, 0.29) is 0 Å². The first-order chi connectivity index (χ1) is 14.7. The number of ether oxygens (including phenoxy) is 1. The number of aromatic nitrogens is 3. The molecule has 5 heteroatoms. The molecule has 1 N–H and O–H groups in total. The molecule has 0 atom stereocenters. The zero-order valence-electron chi connectivity index (χ0n) is 17.4. The summed E-state index contributed by atoms with van der Waals surface area (Å²) >= 11 is 0. The largest absolute Gasteiger partial charge is 0.497 e. The van der Waals surface area contributed by atoms with Crippen LogP contribution in [0.2, 0.25) is 0 Å². The van der Waals surface area contributed by atoms with Crippen LogP contribution in [0.1, 0.15) is 22.4 Å². The van der Waals surface area contributed by atoms with Crippen molar-refractivity contribution in [2.45, 2.75) is 26.6 Å². The van der Waals surface area contributed by atoms with Crippen molar-refractivity contribution in [3.63, 3.8) is 0 Å². The fourth-order valence-corrected chi connectivity index (χ4v) is 3.32. The maximum atomic E-state index is 5.22. The molecule has 0 bridgehead atoms. The zero-order valence-corrected chi connectivity index (χ0v) is 17.4. The van der Waals surface area contributed by atoms with Gasteiger partial charge in [0.15, 0.2) is 0 Å². The van der Waals surface area contributed by atoms with Gasteiger partial charge in [0, 0.05) is 18.7 Å². The Morgan fingerprint density at radius 1 is 0.800 bits per heavy atom. The maximum Gasteiger partial charge on any atom is 0.118 e. The molecule has 30 heavy (non-hydrogen) atoms. The fourth-order valence-electron chi connectivity index (χ4n) is 3.32. The summed E-state index contributed by atoms with van der Waals surface area (Å²) in [5, 5.41) is 13.1. The molecule has 152 valence electrons. The SMILES string of the molecule is COc1ccc(CNCc2nn(Cc3ccc(C)cc3)nc2-c2ccccc2)cc1. The van der Waals surface area contributed by atoms with Crippen molar-refractivity contribution in [2.75, 3.05) is 7.11 Å². The van der Waals surface area contributed by atoms with Crippen LogP contribution in [0, 0.1) is 6.92 Å². The van der Waals surface area contributed by atoms with Gasteiger partial charge in [0.2, 0.25) is 0 Å². The van der Waals surface area contributed by atoms with E-state index in [1.807, 2.05) is 30.3 Å². The molecule has 0 aliphatic heterocycles. The zero-order chi connectivity index (χ0) is 20.8. The molecule has 0 aliphatic rings. The lowest BCUT2D eigenvalue weighted by Gasteiger charge is -2.06. The van der Waals surface area contributed by atoms with E-state index < -0.39 is 0 Å². The second-order valence-electron chi connectivity index (χ2n) is 7.33. The molecule has 0 saturated heterocycles. The van der Waals surface area contributed by atoms with Crippen LogP contribution in [0.15, 0.2) is 78.9 Å². The monoisotopic (exact) mass is 398 g/mol. The Hall–Kier alpha value is -3.44. The second-order valence-corrected chi connectivity index (χ2v) is 7.33. The van der Waals surface area contributed by atoms with Crippen molar-refractivity contribution < 1.29 is 4.74 Å². The summed E-state index contributed by atoms with van der Waals surface area (Å²) in [5.41, 5.74) is 6.58. The molecular formula is C25H26N4O. The summed E-state index contributed by atoms with van der Waals surface area (Å²) < 4.78 is 5.22. The van der Waals surface area contributed by atoms with E-state index in [0.717, 1.165) is 29.2 Å². The number of nitrogens with one attached hydrogen (secondary N) is 1. The van der Waals surface area contributed by atoms with E-state index in [2.05, 4.69) is 60.8 Å². The molecule has 4 aromatic rings. The highest BCUT2D eigenvalue weighted by Crippen LogP contribution is 2.20. The van der Waals surface area contributed by atoms with Crippen LogP contribution in [-0.2, 0) is 19.6 Å². The van der Waals surface area contributed by atoms with Crippen LogP contribution in [0.5, 0.6) is 5.75 Å². The summed E-state index contributed by atoms with van der Waals surface area (Å²) in [6, 6.07) is 26.8. The van der Waals surface area contributed by atoms with Gasteiger partial charge in [-0.3, -0.25) is 0 Å². The maximum absolute atomic E-state index is 5.22. The predicted molar refractivity (Wildman–Crippen MR) is 119 cm³/mol. The van der Waals surface area contributed by atoms with Crippen LogP contribution in [0.25, 0.3) is 11.3 Å². The van der Waals surface area contributed by atoms with Crippen molar-refractivity contribution in [3.8, 4) is 17.0 Å².